The first-order valence-electron chi connectivity index (χ1n) is 11.6. The number of carbonyl (C=O) groups excluding carboxylic acids is 2. The molecule has 0 spiro atoms. The summed E-state index contributed by atoms with van der Waals surface area (Å²) in [6.07, 6.45) is 4.89. The van der Waals surface area contributed by atoms with Crippen LogP contribution in [0.15, 0.2) is 48.5 Å². The van der Waals surface area contributed by atoms with E-state index >= 15 is 0 Å². The maximum atomic E-state index is 13.4. The predicted octanol–water partition coefficient (Wildman–Crippen LogP) is 5.45. The average Bonchev–Trinajstić information content (AvgIpc) is 3.33. The molecule has 0 saturated heterocycles. The fourth-order valence-electron chi connectivity index (χ4n) is 4.16. The molecule has 0 heterocycles. The van der Waals surface area contributed by atoms with Crippen molar-refractivity contribution in [1.82, 2.24) is 10.2 Å². The van der Waals surface area contributed by atoms with Gasteiger partial charge in [0.1, 0.15) is 11.8 Å². The zero-order chi connectivity index (χ0) is 23.6. The molecule has 0 aliphatic heterocycles. The van der Waals surface area contributed by atoms with Gasteiger partial charge in [0.15, 0.2) is 0 Å². The molecule has 1 atom stereocenters. The highest BCUT2D eigenvalue weighted by atomic mass is 35.5. The SMILES string of the molecule is CC[C@H](C(=O)NC1CCCC1)N(Cc1ccc(OC)cc1)C(=O)CSCc1ccccc1Cl. The zero-order valence-corrected chi connectivity index (χ0v) is 21.0. The van der Waals surface area contributed by atoms with Gasteiger partial charge < -0.3 is 15.0 Å². The Morgan fingerprint density at radius 1 is 1.15 bits per heavy atom. The van der Waals surface area contributed by atoms with Crippen molar-refractivity contribution in [2.45, 2.75) is 63.4 Å². The largest absolute Gasteiger partial charge is 0.497 e. The number of thioether (sulfide) groups is 1. The maximum absolute atomic E-state index is 13.4. The topological polar surface area (TPSA) is 58.6 Å². The van der Waals surface area contributed by atoms with Crippen LogP contribution >= 0.6 is 23.4 Å². The van der Waals surface area contributed by atoms with Gasteiger partial charge in [0, 0.05) is 23.4 Å². The Hall–Kier alpha value is -2.18. The van der Waals surface area contributed by atoms with Crippen molar-refractivity contribution in [3.8, 4) is 5.75 Å². The van der Waals surface area contributed by atoms with Gasteiger partial charge in [-0.05, 0) is 48.6 Å². The van der Waals surface area contributed by atoms with Crippen molar-refractivity contribution in [3.05, 3.63) is 64.7 Å². The molecule has 2 amide bonds. The Morgan fingerprint density at radius 3 is 2.48 bits per heavy atom. The smallest absolute Gasteiger partial charge is 0.243 e. The monoisotopic (exact) mass is 488 g/mol. The molecule has 33 heavy (non-hydrogen) atoms. The number of hydrogen-bond donors (Lipinski definition) is 1. The number of hydrogen-bond acceptors (Lipinski definition) is 4. The molecule has 1 saturated carbocycles. The summed E-state index contributed by atoms with van der Waals surface area (Å²) >= 11 is 7.78. The minimum Gasteiger partial charge on any atom is -0.497 e. The van der Waals surface area contributed by atoms with E-state index < -0.39 is 6.04 Å². The van der Waals surface area contributed by atoms with Crippen molar-refractivity contribution >= 4 is 35.2 Å². The molecule has 0 radical (unpaired) electrons. The molecular weight excluding hydrogens is 456 g/mol. The van der Waals surface area contributed by atoms with Crippen molar-refractivity contribution < 1.29 is 14.3 Å². The van der Waals surface area contributed by atoms with Gasteiger partial charge in [-0.15, -0.1) is 11.8 Å². The first-order chi connectivity index (χ1) is 16.0. The standard InChI is InChI=1S/C26H33ClN2O3S/c1-3-24(26(31)28-21-9-5-6-10-21)29(16-19-12-14-22(32-2)15-13-19)25(30)18-33-17-20-8-4-7-11-23(20)27/h4,7-8,11-15,21,24H,3,5-6,9-10,16-18H2,1-2H3,(H,28,31)/t24-/m1/s1. The number of ether oxygens (including phenoxy) is 1. The van der Waals surface area contributed by atoms with Crippen LogP contribution in [0.25, 0.3) is 0 Å². The highest BCUT2D eigenvalue weighted by Crippen LogP contribution is 2.23. The third-order valence-electron chi connectivity index (χ3n) is 6.04. The minimum atomic E-state index is -0.499. The normalized spacial score (nSPS) is 14.6. The molecule has 2 aromatic rings. The summed E-state index contributed by atoms with van der Waals surface area (Å²) in [7, 11) is 1.63. The number of nitrogens with zero attached hydrogens (tertiary/aromatic N) is 1. The Labute approximate surface area is 206 Å². The van der Waals surface area contributed by atoms with Crippen LogP contribution < -0.4 is 10.1 Å². The van der Waals surface area contributed by atoms with Crippen LogP contribution in [0.1, 0.15) is 50.2 Å². The number of methoxy groups -OCH3 is 1. The van der Waals surface area contributed by atoms with Gasteiger partial charge >= 0.3 is 0 Å². The third kappa shape index (κ3) is 7.41. The van der Waals surface area contributed by atoms with Gasteiger partial charge in [0.25, 0.3) is 0 Å². The van der Waals surface area contributed by atoms with E-state index in [0.717, 1.165) is 42.6 Å². The molecule has 0 bridgehead atoms. The molecule has 1 N–H and O–H groups in total. The van der Waals surface area contributed by atoms with Gasteiger partial charge in [0.2, 0.25) is 11.8 Å². The van der Waals surface area contributed by atoms with Gasteiger partial charge in [-0.1, -0.05) is 61.7 Å². The minimum absolute atomic E-state index is 0.0451. The summed E-state index contributed by atoms with van der Waals surface area (Å²) in [6.45, 7) is 2.34. The molecule has 0 unspecified atom stereocenters. The zero-order valence-electron chi connectivity index (χ0n) is 19.4. The average molecular weight is 489 g/mol. The van der Waals surface area contributed by atoms with E-state index in [-0.39, 0.29) is 23.6 Å². The molecular formula is C26H33ClN2O3S. The summed E-state index contributed by atoms with van der Waals surface area (Å²) in [6, 6.07) is 15.0. The van der Waals surface area contributed by atoms with Crippen LogP contribution in [0.2, 0.25) is 5.02 Å². The van der Waals surface area contributed by atoms with Crippen LogP contribution in [0.4, 0.5) is 0 Å². The first-order valence-corrected chi connectivity index (χ1v) is 13.1. The fourth-order valence-corrected chi connectivity index (χ4v) is 5.36. The third-order valence-corrected chi connectivity index (χ3v) is 7.38. The lowest BCUT2D eigenvalue weighted by molar-refractivity contribution is -0.139. The number of halogens is 1. The number of rotatable bonds is 11. The van der Waals surface area contributed by atoms with Crippen LogP contribution in [0.3, 0.4) is 0 Å². The van der Waals surface area contributed by atoms with E-state index in [1.807, 2.05) is 55.5 Å². The van der Waals surface area contributed by atoms with E-state index in [1.165, 1.54) is 11.8 Å². The molecule has 1 fully saturated rings. The van der Waals surface area contributed by atoms with Gasteiger partial charge in [0.05, 0.1) is 12.9 Å². The molecule has 5 nitrogen and oxygen atoms in total. The number of amides is 2. The fraction of sp³-hybridized carbons (Fsp3) is 0.462. The molecule has 1 aliphatic carbocycles. The summed E-state index contributed by atoms with van der Waals surface area (Å²) in [5, 5.41) is 3.89. The van der Waals surface area contributed by atoms with Crippen molar-refractivity contribution in [2.24, 2.45) is 0 Å². The first kappa shape index (κ1) is 25.4. The van der Waals surface area contributed by atoms with Crippen molar-refractivity contribution in [2.75, 3.05) is 12.9 Å². The van der Waals surface area contributed by atoms with E-state index in [9.17, 15) is 9.59 Å². The van der Waals surface area contributed by atoms with Crippen LogP contribution in [-0.4, -0.2) is 41.7 Å². The molecule has 3 rings (SSSR count). The second-order valence-corrected chi connectivity index (χ2v) is 9.76. The molecule has 1 aliphatic rings. The number of benzene rings is 2. The highest BCUT2D eigenvalue weighted by Gasteiger charge is 2.30. The van der Waals surface area contributed by atoms with E-state index in [0.29, 0.717) is 23.7 Å². The van der Waals surface area contributed by atoms with E-state index in [4.69, 9.17) is 16.3 Å². The van der Waals surface area contributed by atoms with E-state index in [1.54, 1.807) is 12.0 Å². The Morgan fingerprint density at radius 2 is 1.85 bits per heavy atom. The Balaban J connectivity index is 1.71. The summed E-state index contributed by atoms with van der Waals surface area (Å²) in [5.41, 5.74) is 1.97. The molecule has 0 aromatic heterocycles. The van der Waals surface area contributed by atoms with Crippen LogP contribution in [0, 0.1) is 0 Å². The van der Waals surface area contributed by atoms with Crippen molar-refractivity contribution in [1.29, 1.82) is 0 Å². The summed E-state index contributed by atoms with van der Waals surface area (Å²) in [5.74, 6) is 1.60. The molecule has 178 valence electrons. The maximum Gasteiger partial charge on any atom is 0.243 e. The van der Waals surface area contributed by atoms with Gasteiger partial charge in [-0.2, -0.15) is 0 Å². The van der Waals surface area contributed by atoms with Gasteiger partial charge in [-0.25, -0.2) is 0 Å². The second kappa shape index (κ2) is 12.9. The van der Waals surface area contributed by atoms with E-state index in [2.05, 4.69) is 5.32 Å². The van der Waals surface area contributed by atoms with Crippen LogP contribution in [0.5, 0.6) is 5.75 Å². The highest BCUT2D eigenvalue weighted by molar-refractivity contribution is 7.99. The van der Waals surface area contributed by atoms with Gasteiger partial charge in [-0.3, -0.25) is 9.59 Å². The Bertz CT molecular complexity index is 916. The second-order valence-electron chi connectivity index (χ2n) is 8.37. The number of nitrogens with one attached hydrogen (secondary N) is 1. The lowest BCUT2D eigenvalue weighted by Crippen LogP contribution is -2.51. The molecule has 2 aromatic carbocycles. The Kier molecular flexibility index (Phi) is 9.95. The van der Waals surface area contributed by atoms with Crippen molar-refractivity contribution in [3.63, 3.8) is 0 Å². The summed E-state index contributed by atoms with van der Waals surface area (Å²) in [4.78, 5) is 28.2. The summed E-state index contributed by atoms with van der Waals surface area (Å²) < 4.78 is 5.25. The lowest BCUT2D eigenvalue weighted by Gasteiger charge is -2.31. The number of carbonyl (C=O) groups is 2. The predicted molar refractivity (Wildman–Crippen MR) is 136 cm³/mol. The van der Waals surface area contributed by atoms with Crippen LogP contribution in [-0.2, 0) is 21.9 Å². The quantitative estimate of drug-likeness (QED) is 0.457. The molecule has 7 heteroatoms. The lowest BCUT2D eigenvalue weighted by atomic mass is 10.1.